The molecule has 0 spiro atoms. The van der Waals surface area contributed by atoms with E-state index in [4.69, 9.17) is 5.73 Å². The highest BCUT2D eigenvalue weighted by molar-refractivity contribution is 5.85. The van der Waals surface area contributed by atoms with Crippen LogP contribution < -0.4 is 16.4 Å². The zero-order chi connectivity index (χ0) is 17.1. The number of rotatable bonds is 5. The first-order chi connectivity index (χ1) is 11.5. The summed E-state index contributed by atoms with van der Waals surface area (Å²) in [6.45, 7) is 1.93. The Labute approximate surface area is 157 Å². The summed E-state index contributed by atoms with van der Waals surface area (Å²) in [6, 6.07) is 0.505. The number of amides is 2. The van der Waals surface area contributed by atoms with Gasteiger partial charge in [-0.15, -0.1) is 12.4 Å². The van der Waals surface area contributed by atoms with Crippen molar-refractivity contribution >= 4 is 24.2 Å². The van der Waals surface area contributed by atoms with Gasteiger partial charge < -0.3 is 16.4 Å². The van der Waals surface area contributed by atoms with Crippen molar-refractivity contribution in [3.05, 3.63) is 0 Å². The summed E-state index contributed by atoms with van der Waals surface area (Å²) in [6.07, 6.45) is 10.4. The van der Waals surface area contributed by atoms with Crippen LogP contribution in [-0.2, 0) is 9.59 Å². The highest BCUT2D eigenvalue weighted by Crippen LogP contribution is 2.39. The van der Waals surface area contributed by atoms with Crippen LogP contribution in [-0.4, -0.2) is 29.9 Å². The van der Waals surface area contributed by atoms with Crippen LogP contribution in [0.15, 0.2) is 0 Å². The van der Waals surface area contributed by atoms with E-state index in [1.165, 1.54) is 19.3 Å². The Kier molecular flexibility index (Phi) is 7.56. The van der Waals surface area contributed by atoms with E-state index in [0.29, 0.717) is 30.3 Å². The fourth-order valence-electron chi connectivity index (χ4n) is 5.15. The second-order valence-electron chi connectivity index (χ2n) is 8.37. The van der Waals surface area contributed by atoms with E-state index in [0.717, 1.165) is 38.5 Å². The quantitative estimate of drug-likeness (QED) is 0.694. The number of fused-ring (bicyclic) bond motifs is 2. The van der Waals surface area contributed by atoms with Crippen LogP contribution in [0.5, 0.6) is 0 Å². The van der Waals surface area contributed by atoms with Crippen LogP contribution in [0.1, 0.15) is 71.1 Å². The van der Waals surface area contributed by atoms with Gasteiger partial charge in [0.1, 0.15) is 0 Å². The monoisotopic (exact) mass is 371 g/mol. The number of nitrogens with two attached hydrogens (primary N) is 1. The molecule has 25 heavy (non-hydrogen) atoms. The molecule has 0 aromatic heterocycles. The molecular formula is C19H34ClN3O2. The van der Waals surface area contributed by atoms with Crippen LogP contribution in [0.3, 0.4) is 0 Å². The van der Waals surface area contributed by atoms with Crippen molar-refractivity contribution in [2.45, 2.75) is 89.3 Å². The Balaban J connectivity index is 0.00000225. The predicted molar refractivity (Wildman–Crippen MR) is 101 cm³/mol. The molecule has 0 aromatic carbocycles. The van der Waals surface area contributed by atoms with Gasteiger partial charge in [-0.1, -0.05) is 19.3 Å². The molecule has 3 aliphatic carbocycles. The molecule has 5 nitrogen and oxygen atoms in total. The lowest BCUT2D eigenvalue weighted by molar-refractivity contribution is -0.126. The van der Waals surface area contributed by atoms with Gasteiger partial charge in [0.2, 0.25) is 11.8 Å². The standard InChI is InChI=1S/C19H33N3O2.ClH/c1-12(21-19(24)13-5-2-3-6-13)9-17(23)22-18-14-7-4-8-15(18)11-16(20)10-14;/h12-16,18H,2-11,20H2,1H3,(H,21,24)(H,22,23);1H. The van der Waals surface area contributed by atoms with Gasteiger partial charge in [0.05, 0.1) is 0 Å². The third-order valence-electron chi connectivity index (χ3n) is 6.31. The van der Waals surface area contributed by atoms with Crippen molar-refractivity contribution in [2.75, 3.05) is 0 Å². The SMILES string of the molecule is CC(CC(=O)NC1C2CCCC1CC(N)C2)NC(=O)C1CCCC1.Cl. The van der Waals surface area contributed by atoms with Gasteiger partial charge in [0.25, 0.3) is 0 Å². The Morgan fingerprint density at radius 1 is 1.04 bits per heavy atom. The molecule has 0 heterocycles. The molecule has 4 N–H and O–H groups in total. The molecule has 0 radical (unpaired) electrons. The van der Waals surface area contributed by atoms with Gasteiger partial charge in [0.15, 0.2) is 0 Å². The van der Waals surface area contributed by atoms with Gasteiger partial charge in [-0.05, 0) is 57.3 Å². The van der Waals surface area contributed by atoms with Gasteiger partial charge in [-0.25, -0.2) is 0 Å². The van der Waals surface area contributed by atoms with E-state index in [1.807, 2.05) is 6.92 Å². The average Bonchev–Trinajstić information content (AvgIpc) is 3.02. The maximum absolute atomic E-state index is 12.4. The fraction of sp³-hybridized carbons (Fsp3) is 0.895. The van der Waals surface area contributed by atoms with Crippen molar-refractivity contribution in [3.8, 4) is 0 Å². The number of hydrogen-bond acceptors (Lipinski definition) is 3. The Morgan fingerprint density at radius 3 is 2.24 bits per heavy atom. The average molecular weight is 372 g/mol. The molecule has 3 aliphatic rings. The summed E-state index contributed by atoms with van der Waals surface area (Å²) in [5.74, 6) is 1.45. The summed E-state index contributed by atoms with van der Waals surface area (Å²) in [5, 5.41) is 6.30. The molecule has 144 valence electrons. The lowest BCUT2D eigenvalue weighted by atomic mass is 9.67. The minimum absolute atomic E-state index is 0. The molecule has 3 saturated carbocycles. The van der Waals surface area contributed by atoms with E-state index in [9.17, 15) is 9.59 Å². The molecule has 2 bridgehead atoms. The molecule has 3 fully saturated rings. The zero-order valence-electron chi connectivity index (χ0n) is 15.3. The maximum atomic E-state index is 12.4. The van der Waals surface area contributed by atoms with Crippen molar-refractivity contribution < 1.29 is 9.59 Å². The fourth-order valence-corrected chi connectivity index (χ4v) is 5.15. The van der Waals surface area contributed by atoms with Crippen molar-refractivity contribution in [1.29, 1.82) is 0 Å². The highest BCUT2D eigenvalue weighted by Gasteiger charge is 2.39. The van der Waals surface area contributed by atoms with Crippen LogP contribution in [0.4, 0.5) is 0 Å². The molecule has 0 saturated heterocycles. The van der Waals surface area contributed by atoms with E-state index in [2.05, 4.69) is 10.6 Å². The second-order valence-corrected chi connectivity index (χ2v) is 8.37. The lowest BCUT2D eigenvalue weighted by Gasteiger charge is -2.45. The Morgan fingerprint density at radius 2 is 1.64 bits per heavy atom. The minimum Gasteiger partial charge on any atom is -0.353 e. The Bertz CT molecular complexity index is 454. The van der Waals surface area contributed by atoms with E-state index in [-0.39, 0.29) is 36.2 Å². The summed E-state index contributed by atoms with van der Waals surface area (Å²) in [5.41, 5.74) is 6.15. The van der Waals surface area contributed by atoms with Crippen LogP contribution >= 0.6 is 12.4 Å². The summed E-state index contributed by atoms with van der Waals surface area (Å²) < 4.78 is 0. The maximum Gasteiger partial charge on any atom is 0.223 e. The van der Waals surface area contributed by atoms with Gasteiger partial charge in [-0.3, -0.25) is 9.59 Å². The summed E-state index contributed by atoms with van der Waals surface area (Å²) in [7, 11) is 0. The molecule has 6 heteroatoms. The van der Waals surface area contributed by atoms with Crippen LogP contribution in [0, 0.1) is 17.8 Å². The smallest absolute Gasteiger partial charge is 0.223 e. The zero-order valence-corrected chi connectivity index (χ0v) is 16.2. The van der Waals surface area contributed by atoms with Crippen LogP contribution in [0.2, 0.25) is 0 Å². The molecule has 3 unspecified atom stereocenters. The van der Waals surface area contributed by atoms with E-state index >= 15 is 0 Å². The second kappa shape index (κ2) is 9.22. The summed E-state index contributed by atoms with van der Waals surface area (Å²) in [4.78, 5) is 24.6. The number of halogens is 1. The topological polar surface area (TPSA) is 84.2 Å². The molecular weight excluding hydrogens is 338 g/mol. The van der Waals surface area contributed by atoms with Crippen LogP contribution in [0.25, 0.3) is 0 Å². The van der Waals surface area contributed by atoms with Gasteiger partial charge >= 0.3 is 0 Å². The van der Waals surface area contributed by atoms with Crippen molar-refractivity contribution in [2.24, 2.45) is 23.5 Å². The van der Waals surface area contributed by atoms with Gasteiger partial charge in [0, 0.05) is 30.5 Å². The van der Waals surface area contributed by atoms with Gasteiger partial charge in [-0.2, -0.15) is 0 Å². The number of carbonyl (C=O) groups is 2. The summed E-state index contributed by atoms with van der Waals surface area (Å²) >= 11 is 0. The largest absolute Gasteiger partial charge is 0.353 e. The molecule has 3 rings (SSSR count). The van der Waals surface area contributed by atoms with E-state index < -0.39 is 0 Å². The Hall–Kier alpha value is -0.810. The van der Waals surface area contributed by atoms with Crippen molar-refractivity contribution in [3.63, 3.8) is 0 Å². The molecule has 0 aromatic rings. The van der Waals surface area contributed by atoms with Crippen molar-refractivity contribution in [1.82, 2.24) is 10.6 Å². The molecule has 2 amide bonds. The first-order valence-corrected chi connectivity index (χ1v) is 9.88. The third kappa shape index (κ3) is 5.33. The highest BCUT2D eigenvalue weighted by atomic mass is 35.5. The number of hydrogen-bond donors (Lipinski definition) is 3. The third-order valence-corrected chi connectivity index (χ3v) is 6.31. The first-order valence-electron chi connectivity index (χ1n) is 9.88. The van der Waals surface area contributed by atoms with E-state index in [1.54, 1.807) is 0 Å². The normalized spacial score (nSPS) is 33.2. The predicted octanol–water partition coefficient (Wildman–Crippen LogP) is 2.52. The molecule has 0 aliphatic heterocycles. The number of carbonyl (C=O) groups excluding carboxylic acids is 2. The first kappa shape index (κ1) is 20.5. The number of nitrogens with one attached hydrogen (secondary N) is 2. The lowest BCUT2D eigenvalue weighted by Crippen LogP contribution is -2.54. The minimum atomic E-state index is -0.0937. The molecule has 3 atom stereocenters.